The van der Waals surface area contributed by atoms with Gasteiger partial charge in [0.05, 0.1) is 24.5 Å². The second-order valence-corrected chi connectivity index (χ2v) is 17.8. The maximum absolute atomic E-state index is 13.2. The Hall–Kier alpha value is -6.76. The molecule has 4 heterocycles. The first-order valence-corrected chi connectivity index (χ1v) is 23.7. The Bertz CT molecular complexity index is 2540. The number of carbonyl (C=O) groups excluding carboxylic acids is 4. The van der Waals surface area contributed by atoms with E-state index in [1.807, 2.05) is 99.6 Å². The number of benzene rings is 4. The van der Waals surface area contributed by atoms with Gasteiger partial charge in [0.15, 0.2) is 0 Å². The Morgan fingerprint density at radius 2 is 1.20 bits per heavy atom. The highest BCUT2D eigenvalue weighted by atomic mass is 16.6. The molecule has 0 radical (unpaired) electrons. The molecule has 3 fully saturated rings. The van der Waals surface area contributed by atoms with Crippen LogP contribution in [0.2, 0.25) is 0 Å². The third kappa shape index (κ3) is 9.90. The Morgan fingerprint density at radius 1 is 0.667 bits per heavy atom. The van der Waals surface area contributed by atoms with Gasteiger partial charge < -0.3 is 30.9 Å². The maximum Gasteiger partial charge on any atom is 0.410 e. The minimum absolute atomic E-state index is 0.0389. The number of nitrogens with zero attached hydrogens (tertiary/aromatic N) is 6. The van der Waals surface area contributed by atoms with Gasteiger partial charge in [-0.15, -0.1) is 0 Å². The van der Waals surface area contributed by atoms with E-state index in [1.165, 1.54) is 0 Å². The number of fused-ring (bicyclic) bond motifs is 2. The molecule has 4 aromatic rings. The average Bonchev–Trinajstić information content (AvgIpc) is 3.70. The van der Waals surface area contributed by atoms with Crippen molar-refractivity contribution >= 4 is 52.9 Å². The number of hydrogen-bond acceptors (Lipinski definition) is 9. The summed E-state index contributed by atoms with van der Waals surface area (Å²) in [7, 11) is 0. The Kier molecular flexibility index (Phi) is 14.0. The summed E-state index contributed by atoms with van der Waals surface area (Å²) in [6.45, 7) is 11.5. The molecule has 4 amide bonds. The van der Waals surface area contributed by atoms with Crippen LogP contribution in [0.1, 0.15) is 110 Å². The SMILES string of the molecule is CCCN(CCC)C(=O)C1=Cc2ccc(-c3ccc(C(=O)N4CCCC4)cc3)cc2N=C(N)C1.CCOC(=O)N1Cc2cc(-c3ccc(C(=O)N4CCCC4)cc3)ccc2N=C(N)C12CC2. The van der Waals surface area contributed by atoms with Gasteiger partial charge in [0.2, 0.25) is 5.91 Å². The second-order valence-electron chi connectivity index (χ2n) is 17.8. The molecule has 13 heteroatoms. The van der Waals surface area contributed by atoms with E-state index in [4.69, 9.17) is 16.2 Å². The van der Waals surface area contributed by atoms with Crippen molar-refractivity contribution < 1.29 is 23.9 Å². The number of aliphatic imine (C=N–C) groups is 2. The summed E-state index contributed by atoms with van der Waals surface area (Å²) < 4.78 is 5.31. The number of amides is 4. The van der Waals surface area contributed by atoms with Gasteiger partial charge in [-0.1, -0.05) is 56.3 Å². The zero-order valence-corrected chi connectivity index (χ0v) is 38.6. The summed E-state index contributed by atoms with van der Waals surface area (Å²) in [6, 6.07) is 27.5. The lowest BCUT2D eigenvalue weighted by atomic mass is 9.99. The standard InChI is InChI=1S/C28H34N4O2.C25H28N4O3/c1-3-13-31(14-4-2)28(34)24-17-23-12-11-22(18-25(23)30-26(29)19-24)20-7-9-21(10-8-20)27(33)32-15-5-6-16-32;1-2-32-24(31)29-16-20-15-19(9-10-21(20)27-23(26)25(29)11-12-25)17-5-7-18(8-6-17)22(30)28-13-3-4-14-28/h7-12,17-18H,3-6,13-16,19H2,1-2H3,(H2,29,30);5-10,15H,2-4,11-14,16H2,1H3,(H2,26,27). The fourth-order valence-electron chi connectivity index (χ4n) is 9.36. The van der Waals surface area contributed by atoms with E-state index in [2.05, 4.69) is 29.9 Å². The van der Waals surface area contributed by atoms with Crippen molar-refractivity contribution in [2.45, 2.75) is 90.6 Å². The predicted molar refractivity (Wildman–Crippen MR) is 261 cm³/mol. The maximum atomic E-state index is 13.2. The summed E-state index contributed by atoms with van der Waals surface area (Å²) >= 11 is 0. The monoisotopic (exact) mass is 890 g/mol. The summed E-state index contributed by atoms with van der Waals surface area (Å²) in [5.74, 6) is 1.15. The number of nitrogens with two attached hydrogens (primary N) is 2. The van der Waals surface area contributed by atoms with Crippen LogP contribution in [0.15, 0.2) is 100 Å². The summed E-state index contributed by atoms with van der Waals surface area (Å²) in [5, 5.41) is 0. The largest absolute Gasteiger partial charge is 0.450 e. The molecule has 4 aromatic carbocycles. The van der Waals surface area contributed by atoms with Crippen LogP contribution in [0.5, 0.6) is 0 Å². The lowest BCUT2D eigenvalue weighted by molar-refractivity contribution is -0.127. The van der Waals surface area contributed by atoms with E-state index in [0.29, 0.717) is 42.4 Å². The van der Waals surface area contributed by atoms with Crippen molar-refractivity contribution in [1.82, 2.24) is 19.6 Å². The van der Waals surface area contributed by atoms with E-state index in [1.54, 1.807) is 11.8 Å². The predicted octanol–water partition coefficient (Wildman–Crippen LogP) is 9.10. The molecule has 0 atom stereocenters. The first-order valence-electron chi connectivity index (χ1n) is 23.7. The van der Waals surface area contributed by atoms with Gasteiger partial charge in [0.1, 0.15) is 17.2 Å². The molecule has 4 aliphatic heterocycles. The zero-order chi connectivity index (χ0) is 46.4. The summed E-state index contributed by atoms with van der Waals surface area (Å²) in [4.78, 5) is 67.9. The van der Waals surface area contributed by atoms with Gasteiger partial charge in [-0.2, -0.15) is 0 Å². The number of carbonyl (C=O) groups is 4. The number of likely N-dealkylation sites (tertiary alicyclic amines) is 2. The van der Waals surface area contributed by atoms with Gasteiger partial charge in [0.25, 0.3) is 11.8 Å². The van der Waals surface area contributed by atoms with Crippen molar-refractivity contribution in [3.05, 3.63) is 113 Å². The van der Waals surface area contributed by atoms with Crippen molar-refractivity contribution in [3.63, 3.8) is 0 Å². The number of amidine groups is 2. The average molecular weight is 891 g/mol. The van der Waals surface area contributed by atoms with Crippen molar-refractivity contribution in [3.8, 4) is 22.3 Å². The molecule has 0 aromatic heterocycles. The minimum atomic E-state index is -0.525. The van der Waals surface area contributed by atoms with E-state index in [-0.39, 0.29) is 23.8 Å². The Morgan fingerprint density at radius 3 is 1.73 bits per heavy atom. The molecule has 13 nitrogen and oxygen atoms in total. The molecule has 0 bridgehead atoms. The first kappa shape index (κ1) is 45.8. The molecular weight excluding hydrogens is 829 g/mol. The molecule has 1 spiro atoms. The summed E-state index contributed by atoms with van der Waals surface area (Å²) in [5.41, 5.74) is 21.5. The lowest BCUT2D eigenvalue weighted by Gasteiger charge is -2.29. The molecule has 344 valence electrons. The molecule has 9 rings (SSSR count). The molecule has 5 aliphatic rings. The van der Waals surface area contributed by atoms with E-state index in [0.717, 1.165) is 141 Å². The van der Waals surface area contributed by atoms with Gasteiger partial charge in [0, 0.05) is 68.0 Å². The van der Waals surface area contributed by atoms with Crippen molar-refractivity contribution in [2.75, 3.05) is 45.9 Å². The van der Waals surface area contributed by atoms with E-state index in [9.17, 15) is 19.2 Å². The number of ether oxygens (including phenoxy) is 1. The fraction of sp³-hybridized carbons (Fsp3) is 0.396. The van der Waals surface area contributed by atoms with Crippen LogP contribution in [-0.4, -0.2) is 107 Å². The number of rotatable bonds is 10. The number of hydrogen-bond donors (Lipinski definition) is 2. The lowest BCUT2D eigenvalue weighted by Crippen LogP contribution is -2.49. The van der Waals surface area contributed by atoms with Gasteiger partial charge in [-0.3, -0.25) is 19.3 Å². The highest BCUT2D eigenvalue weighted by Crippen LogP contribution is 2.46. The second kappa shape index (κ2) is 20.2. The van der Waals surface area contributed by atoms with Crippen molar-refractivity contribution in [2.24, 2.45) is 21.5 Å². The quantitative estimate of drug-likeness (QED) is 0.160. The highest BCUT2D eigenvalue weighted by molar-refractivity contribution is 6.06. The van der Waals surface area contributed by atoms with Crippen LogP contribution in [0.3, 0.4) is 0 Å². The molecular formula is C53H62N8O5. The van der Waals surface area contributed by atoms with Crippen LogP contribution in [0.4, 0.5) is 16.2 Å². The fourth-order valence-corrected chi connectivity index (χ4v) is 9.36. The minimum Gasteiger partial charge on any atom is -0.450 e. The van der Waals surface area contributed by atoms with Crippen LogP contribution in [0.25, 0.3) is 28.3 Å². The third-order valence-corrected chi connectivity index (χ3v) is 13.1. The van der Waals surface area contributed by atoms with Gasteiger partial charge >= 0.3 is 6.09 Å². The first-order chi connectivity index (χ1) is 32.0. The van der Waals surface area contributed by atoms with Crippen LogP contribution in [0, 0.1) is 0 Å². The van der Waals surface area contributed by atoms with Crippen LogP contribution < -0.4 is 11.5 Å². The molecule has 2 saturated heterocycles. The van der Waals surface area contributed by atoms with Gasteiger partial charge in [-0.25, -0.2) is 14.8 Å². The normalized spacial score (nSPS) is 17.0. The Labute approximate surface area is 388 Å². The topological polar surface area (TPSA) is 167 Å². The molecule has 1 saturated carbocycles. The molecule has 0 unspecified atom stereocenters. The molecule has 66 heavy (non-hydrogen) atoms. The van der Waals surface area contributed by atoms with Crippen LogP contribution in [-0.2, 0) is 16.1 Å². The van der Waals surface area contributed by atoms with Crippen molar-refractivity contribution in [1.29, 1.82) is 0 Å². The summed E-state index contributed by atoms with van der Waals surface area (Å²) in [6.07, 6.45) is 9.69. The van der Waals surface area contributed by atoms with E-state index >= 15 is 0 Å². The van der Waals surface area contributed by atoms with Crippen LogP contribution >= 0.6 is 0 Å². The molecule has 1 aliphatic carbocycles. The van der Waals surface area contributed by atoms with Gasteiger partial charge in [-0.05, 0) is 135 Å². The smallest absolute Gasteiger partial charge is 0.410 e. The Balaban J connectivity index is 0.000000180. The zero-order valence-electron chi connectivity index (χ0n) is 38.6. The van der Waals surface area contributed by atoms with E-state index < -0.39 is 5.54 Å². The third-order valence-electron chi connectivity index (χ3n) is 13.1. The highest BCUT2D eigenvalue weighted by Gasteiger charge is 2.55. The molecule has 4 N–H and O–H groups in total.